The summed E-state index contributed by atoms with van der Waals surface area (Å²) < 4.78 is 5.85. The Morgan fingerprint density at radius 3 is 2.67 bits per heavy atom. The van der Waals surface area contributed by atoms with Gasteiger partial charge < -0.3 is 21.1 Å². The Balaban J connectivity index is 1.99. The molecule has 1 heterocycles. The van der Waals surface area contributed by atoms with Crippen molar-refractivity contribution in [2.75, 3.05) is 18.9 Å². The maximum atomic E-state index is 12.2. The van der Waals surface area contributed by atoms with Crippen LogP contribution in [0, 0.1) is 0 Å². The van der Waals surface area contributed by atoms with Crippen LogP contribution in [-0.2, 0) is 4.79 Å². The molecule has 0 aliphatic rings. The highest BCUT2D eigenvalue weighted by molar-refractivity contribution is 5.93. The van der Waals surface area contributed by atoms with E-state index < -0.39 is 0 Å². The lowest BCUT2D eigenvalue weighted by Crippen LogP contribution is -2.19. The van der Waals surface area contributed by atoms with Gasteiger partial charge in [0.05, 0.1) is 5.69 Å². The van der Waals surface area contributed by atoms with Crippen LogP contribution < -0.4 is 21.1 Å². The van der Waals surface area contributed by atoms with Gasteiger partial charge in [-0.15, -0.1) is 0 Å². The fourth-order valence-electron chi connectivity index (χ4n) is 2.51. The molecule has 0 bridgehead atoms. The minimum Gasteiger partial charge on any atom is -0.455 e. The number of pyridine rings is 1. The molecule has 0 atom stereocenters. The number of nitrogens with two attached hydrogens (primary N) is 1. The van der Waals surface area contributed by atoms with E-state index in [0.717, 1.165) is 25.7 Å². The maximum Gasteiger partial charge on any atom is 0.269 e. The van der Waals surface area contributed by atoms with E-state index in [0.29, 0.717) is 30.2 Å². The molecule has 0 spiro atoms. The second-order valence-electron chi connectivity index (χ2n) is 6.06. The molecule has 27 heavy (non-hydrogen) atoms. The molecule has 2 rings (SSSR count). The Morgan fingerprint density at radius 2 is 1.89 bits per heavy atom. The second-order valence-corrected chi connectivity index (χ2v) is 6.06. The molecule has 0 saturated carbocycles. The van der Waals surface area contributed by atoms with E-state index in [9.17, 15) is 9.59 Å². The number of unbranched alkanes of at least 4 members (excludes halogenated alkanes) is 3. The van der Waals surface area contributed by atoms with Gasteiger partial charge in [-0.1, -0.05) is 25.0 Å². The standard InChI is InChI=1S/C20H26N4O3/c1-22-20(26)17-14-15(11-13-23-17)27-18-9-6-5-8-16(18)24-19(25)10-4-2-3-7-12-21/h5-6,8-9,11,13-14H,2-4,7,10,12,21H2,1H3,(H,22,26)(H,24,25). The third-order valence-electron chi connectivity index (χ3n) is 3.94. The number of carbonyl (C=O) groups excluding carboxylic acids is 2. The Hall–Kier alpha value is -2.93. The zero-order chi connectivity index (χ0) is 19.5. The number of amides is 2. The third kappa shape index (κ3) is 6.71. The van der Waals surface area contributed by atoms with E-state index in [-0.39, 0.29) is 17.5 Å². The molecule has 0 aliphatic heterocycles. The van der Waals surface area contributed by atoms with Crippen molar-refractivity contribution in [3.05, 3.63) is 48.3 Å². The van der Waals surface area contributed by atoms with Gasteiger partial charge in [0.1, 0.15) is 11.4 Å². The predicted molar refractivity (Wildman–Crippen MR) is 105 cm³/mol. The van der Waals surface area contributed by atoms with Crippen LogP contribution in [0.25, 0.3) is 0 Å². The molecule has 0 aliphatic carbocycles. The molecule has 7 heteroatoms. The van der Waals surface area contributed by atoms with E-state index in [1.54, 1.807) is 31.3 Å². The molecule has 0 fully saturated rings. The summed E-state index contributed by atoms with van der Waals surface area (Å²) in [4.78, 5) is 27.9. The lowest BCUT2D eigenvalue weighted by molar-refractivity contribution is -0.116. The second kappa shape index (κ2) is 10.9. The molecule has 0 radical (unpaired) electrons. The molecule has 4 N–H and O–H groups in total. The van der Waals surface area contributed by atoms with Crippen molar-refractivity contribution < 1.29 is 14.3 Å². The van der Waals surface area contributed by atoms with Crippen LogP contribution in [0.1, 0.15) is 42.6 Å². The quantitative estimate of drug-likeness (QED) is 0.557. The number of hydrogen-bond acceptors (Lipinski definition) is 5. The van der Waals surface area contributed by atoms with Crippen molar-refractivity contribution in [3.8, 4) is 11.5 Å². The number of carbonyl (C=O) groups is 2. The summed E-state index contributed by atoms with van der Waals surface area (Å²) in [5.74, 6) is 0.617. The minimum atomic E-state index is -0.295. The average molecular weight is 370 g/mol. The first-order valence-corrected chi connectivity index (χ1v) is 9.09. The first-order valence-electron chi connectivity index (χ1n) is 9.09. The number of para-hydroxylation sites is 2. The lowest BCUT2D eigenvalue weighted by atomic mass is 10.1. The van der Waals surface area contributed by atoms with Crippen LogP contribution in [0.4, 0.5) is 5.69 Å². The Kier molecular flexibility index (Phi) is 8.25. The molecule has 144 valence electrons. The number of anilines is 1. The Morgan fingerprint density at radius 1 is 1.11 bits per heavy atom. The van der Waals surface area contributed by atoms with Gasteiger partial charge in [0.2, 0.25) is 5.91 Å². The SMILES string of the molecule is CNC(=O)c1cc(Oc2ccccc2NC(=O)CCCCCCN)ccn1. The summed E-state index contributed by atoms with van der Waals surface area (Å²) in [6, 6.07) is 10.4. The highest BCUT2D eigenvalue weighted by Gasteiger charge is 2.10. The fraction of sp³-hybridized carbons (Fsp3) is 0.350. The summed E-state index contributed by atoms with van der Waals surface area (Å²) >= 11 is 0. The summed E-state index contributed by atoms with van der Waals surface area (Å²) in [5, 5.41) is 5.41. The van der Waals surface area contributed by atoms with Gasteiger partial charge >= 0.3 is 0 Å². The van der Waals surface area contributed by atoms with Crippen molar-refractivity contribution in [3.63, 3.8) is 0 Å². The Bertz CT molecular complexity index is 764. The molecule has 0 unspecified atom stereocenters. The zero-order valence-electron chi connectivity index (χ0n) is 15.5. The third-order valence-corrected chi connectivity index (χ3v) is 3.94. The van der Waals surface area contributed by atoms with Crippen molar-refractivity contribution >= 4 is 17.5 Å². The maximum absolute atomic E-state index is 12.2. The largest absolute Gasteiger partial charge is 0.455 e. The smallest absolute Gasteiger partial charge is 0.269 e. The number of benzene rings is 1. The van der Waals surface area contributed by atoms with E-state index >= 15 is 0 Å². The molecule has 1 aromatic carbocycles. The predicted octanol–water partition coefficient (Wildman–Crippen LogP) is 3.08. The van der Waals surface area contributed by atoms with Crippen LogP contribution in [0.3, 0.4) is 0 Å². The van der Waals surface area contributed by atoms with Crippen LogP contribution in [0.5, 0.6) is 11.5 Å². The summed E-state index contributed by atoms with van der Waals surface area (Å²) in [6.45, 7) is 0.688. The van der Waals surface area contributed by atoms with Gasteiger partial charge in [-0.25, -0.2) is 0 Å². The number of rotatable bonds is 10. The van der Waals surface area contributed by atoms with Gasteiger partial charge in [0, 0.05) is 25.7 Å². The molecule has 0 saturated heterocycles. The number of nitrogens with one attached hydrogen (secondary N) is 2. The van der Waals surface area contributed by atoms with Crippen LogP contribution >= 0.6 is 0 Å². The molecule has 1 aromatic heterocycles. The molecular formula is C20H26N4O3. The molecule has 7 nitrogen and oxygen atoms in total. The normalized spacial score (nSPS) is 10.3. The van der Waals surface area contributed by atoms with Gasteiger partial charge in [0.15, 0.2) is 5.75 Å². The van der Waals surface area contributed by atoms with E-state index in [1.807, 2.05) is 12.1 Å². The first-order chi connectivity index (χ1) is 13.1. The molecular weight excluding hydrogens is 344 g/mol. The van der Waals surface area contributed by atoms with Crippen LogP contribution in [0.2, 0.25) is 0 Å². The highest BCUT2D eigenvalue weighted by atomic mass is 16.5. The zero-order valence-corrected chi connectivity index (χ0v) is 15.5. The van der Waals surface area contributed by atoms with Crippen molar-refractivity contribution in [2.24, 2.45) is 5.73 Å². The van der Waals surface area contributed by atoms with Crippen molar-refractivity contribution in [1.82, 2.24) is 10.3 Å². The number of hydrogen-bond donors (Lipinski definition) is 3. The summed E-state index contributed by atoms with van der Waals surface area (Å²) in [6.07, 6.45) is 5.80. The monoisotopic (exact) mass is 370 g/mol. The topological polar surface area (TPSA) is 106 Å². The molecule has 2 aromatic rings. The van der Waals surface area contributed by atoms with E-state index in [4.69, 9.17) is 10.5 Å². The van der Waals surface area contributed by atoms with Crippen molar-refractivity contribution in [1.29, 1.82) is 0 Å². The lowest BCUT2D eigenvalue weighted by Gasteiger charge is -2.12. The van der Waals surface area contributed by atoms with E-state index in [1.165, 1.54) is 6.20 Å². The Labute approximate surface area is 159 Å². The van der Waals surface area contributed by atoms with Crippen LogP contribution in [0.15, 0.2) is 42.6 Å². The van der Waals surface area contributed by atoms with Gasteiger partial charge in [0.25, 0.3) is 5.91 Å². The fourth-order valence-corrected chi connectivity index (χ4v) is 2.51. The number of nitrogens with zero attached hydrogens (tertiary/aromatic N) is 1. The van der Waals surface area contributed by atoms with Crippen molar-refractivity contribution in [2.45, 2.75) is 32.1 Å². The summed E-state index contributed by atoms with van der Waals surface area (Å²) in [7, 11) is 1.54. The molecule has 2 amide bonds. The highest BCUT2D eigenvalue weighted by Crippen LogP contribution is 2.29. The number of ether oxygens (including phenoxy) is 1. The minimum absolute atomic E-state index is 0.0559. The van der Waals surface area contributed by atoms with Gasteiger partial charge in [-0.2, -0.15) is 0 Å². The summed E-state index contributed by atoms with van der Waals surface area (Å²) in [5.41, 5.74) is 6.31. The average Bonchev–Trinajstić information content (AvgIpc) is 2.69. The van der Waals surface area contributed by atoms with Gasteiger partial charge in [-0.05, 0) is 37.6 Å². The van der Waals surface area contributed by atoms with E-state index in [2.05, 4.69) is 15.6 Å². The van der Waals surface area contributed by atoms with Crippen LogP contribution in [-0.4, -0.2) is 30.4 Å². The first kappa shape index (κ1) is 20.4. The number of aromatic nitrogens is 1. The van der Waals surface area contributed by atoms with Gasteiger partial charge in [-0.3, -0.25) is 14.6 Å².